The molecule has 0 amide bonds. The first-order valence-electron chi connectivity index (χ1n) is 9.02. The summed E-state index contributed by atoms with van der Waals surface area (Å²) in [7, 11) is 0. The molecule has 0 aliphatic heterocycles. The highest BCUT2D eigenvalue weighted by Crippen LogP contribution is 2.52. The van der Waals surface area contributed by atoms with Crippen molar-refractivity contribution in [2.45, 2.75) is 18.5 Å². The summed E-state index contributed by atoms with van der Waals surface area (Å²) in [6, 6.07) is 17.0. The molecule has 3 aromatic rings. The number of rotatable bonds is 5. The summed E-state index contributed by atoms with van der Waals surface area (Å²) in [5, 5.41) is 19.0. The van der Waals surface area contributed by atoms with Gasteiger partial charge in [0.25, 0.3) is 0 Å². The molecular weight excluding hydrogens is 395 g/mol. The number of fused-ring (bicyclic) bond motifs is 1. The molecular formula is C22H16F3N3O2. The summed E-state index contributed by atoms with van der Waals surface area (Å²) >= 11 is 0. The maximum atomic E-state index is 14.7. The number of para-hydroxylation sites is 1. The van der Waals surface area contributed by atoms with E-state index in [2.05, 4.69) is 4.98 Å². The van der Waals surface area contributed by atoms with Crippen LogP contribution in [0, 0.1) is 28.6 Å². The molecule has 1 N–H and O–H groups in total. The van der Waals surface area contributed by atoms with Crippen LogP contribution in [-0.4, -0.2) is 23.7 Å². The first kappa shape index (κ1) is 20.9. The lowest BCUT2D eigenvalue weighted by atomic mass is 9.68. The molecule has 0 bridgehead atoms. The number of aromatic amines is 1. The van der Waals surface area contributed by atoms with Crippen molar-refractivity contribution in [2.75, 3.05) is 6.61 Å². The number of nitrogens with zero attached hydrogens (tertiary/aromatic N) is 2. The number of carbonyl (C=O) groups excluding carboxylic acids is 1. The van der Waals surface area contributed by atoms with Gasteiger partial charge >= 0.3 is 12.1 Å². The van der Waals surface area contributed by atoms with Crippen LogP contribution in [0.4, 0.5) is 13.2 Å². The molecule has 0 aliphatic carbocycles. The van der Waals surface area contributed by atoms with E-state index in [-0.39, 0.29) is 17.7 Å². The molecule has 3 rings (SSSR count). The van der Waals surface area contributed by atoms with Crippen molar-refractivity contribution in [1.29, 1.82) is 10.5 Å². The molecule has 0 aliphatic rings. The van der Waals surface area contributed by atoms with Crippen LogP contribution in [0.1, 0.15) is 12.5 Å². The zero-order valence-electron chi connectivity index (χ0n) is 15.8. The lowest BCUT2D eigenvalue weighted by molar-refractivity contribution is -0.213. The molecule has 0 radical (unpaired) electrons. The predicted octanol–water partition coefficient (Wildman–Crippen LogP) is 4.86. The van der Waals surface area contributed by atoms with E-state index in [9.17, 15) is 28.5 Å². The third-order valence-corrected chi connectivity index (χ3v) is 4.90. The predicted molar refractivity (Wildman–Crippen MR) is 103 cm³/mol. The van der Waals surface area contributed by atoms with Crippen LogP contribution < -0.4 is 0 Å². The van der Waals surface area contributed by atoms with Crippen LogP contribution in [0.25, 0.3) is 22.2 Å². The summed E-state index contributed by atoms with van der Waals surface area (Å²) in [4.78, 5) is 15.9. The zero-order valence-corrected chi connectivity index (χ0v) is 15.8. The van der Waals surface area contributed by atoms with Gasteiger partial charge in [0.15, 0.2) is 5.92 Å². The number of nitrogens with one attached hydrogen (secondary N) is 1. The second-order valence-electron chi connectivity index (χ2n) is 6.50. The van der Waals surface area contributed by atoms with Gasteiger partial charge in [0.2, 0.25) is 5.41 Å². The number of halogens is 3. The monoisotopic (exact) mass is 411 g/mol. The Morgan fingerprint density at radius 3 is 2.23 bits per heavy atom. The molecule has 1 heterocycles. The number of aromatic nitrogens is 1. The Hall–Kier alpha value is -3.78. The van der Waals surface area contributed by atoms with Gasteiger partial charge in [0.05, 0.1) is 24.4 Å². The van der Waals surface area contributed by atoms with Gasteiger partial charge in [-0.1, -0.05) is 48.5 Å². The highest BCUT2D eigenvalue weighted by Gasteiger charge is 2.69. The average molecular weight is 411 g/mol. The lowest BCUT2D eigenvalue weighted by Crippen LogP contribution is -2.55. The van der Waals surface area contributed by atoms with Crippen molar-refractivity contribution in [3.05, 3.63) is 60.2 Å². The molecule has 0 saturated carbocycles. The zero-order chi connectivity index (χ0) is 21.9. The lowest BCUT2D eigenvalue weighted by Gasteiger charge is -2.35. The van der Waals surface area contributed by atoms with Crippen molar-refractivity contribution in [2.24, 2.45) is 5.92 Å². The Bertz CT molecular complexity index is 1140. The number of nitriles is 2. The van der Waals surface area contributed by atoms with Crippen molar-refractivity contribution in [3.63, 3.8) is 0 Å². The summed E-state index contributed by atoms with van der Waals surface area (Å²) in [6.45, 7) is 1.02. The fourth-order valence-electron chi connectivity index (χ4n) is 3.63. The van der Waals surface area contributed by atoms with E-state index in [4.69, 9.17) is 4.74 Å². The quantitative estimate of drug-likeness (QED) is 0.607. The van der Waals surface area contributed by atoms with Gasteiger partial charge in [-0.2, -0.15) is 23.7 Å². The SMILES string of the molecule is CCOC(=O)C(c1c(-c2ccccc2)[nH]c2ccccc12)(C(C#N)C#N)C(F)(F)F. The Labute approximate surface area is 170 Å². The fourth-order valence-corrected chi connectivity index (χ4v) is 3.63. The second-order valence-corrected chi connectivity index (χ2v) is 6.50. The summed E-state index contributed by atoms with van der Waals surface area (Å²) in [5.74, 6) is -4.05. The van der Waals surface area contributed by atoms with Crippen LogP contribution in [0.15, 0.2) is 54.6 Å². The Balaban J connectivity index is 2.56. The van der Waals surface area contributed by atoms with E-state index in [0.717, 1.165) is 0 Å². The smallest absolute Gasteiger partial charge is 0.411 e. The number of hydrogen-bond acceptors (Lipinski definition) is 4. The molecule has 1 unspecified atom stereocenters. The maximum Gasteiger partial charge on any atom is 0.411 e. The Morgan fingerprint density at radius 2 is 1.67 bits per heavy atom. The second kappa shape index (κ2) is 7.92. The number of esters is 1. The third-order valence-electron chi connectivity index (χ3n) is 4.90. The summed E-state index contributed by atoms with van der Waals surface area (Å²) < 4.78 is 49.0. The normalized spacial score (nSPS) is 13.4. The van der Waals surface area contributed by atoms with E-state index >= 15 is 0 Å². The standard InChI is InChI=1S/C22H16F3N3O2/c1-2-30-20(29)21(22(23,24)25,15(12-26)13-27)18-16-10-6-7-11-17(16)28-19(18)14-8-4-3-5-9-14/h3-11,15,28H,2H2,1H3. The van der Waals surface area contributed by atoms with Crippen LogP contribution in [0.3, 0.4) is 0 Å². The number of ether oxygens (including phenoxy) is 1. The number of H-pyrrole nitrogens is 1. The molecule has 0 spiro atoms. The van der Waals surface area contributed by atoms with Crippen LogP contribution in [0.2, 0.25) is 0 Å². The van der Waals surface area contributed by atoms with Crippen molar-refractivity contribution in [3.8, 4) is 23.4 Å². The molecule has 152 valence electrons. The van der Waals surface area contributed by atoms with E-state index < -0.39 is 29.0 Å². The minimum atomic E-state index is -5.29. The summed E-state index contributed by atoms with van der Waals surface area (Å²) in [5.41, 5.74) is -3.30. The van der Waals surface area contributed by atoms with E-state index in [1.807, 2.05) is 0 Å². The number of alkyl halides is 3. The van der Waals surface area contributed by atoms with E-state index in [0.29, 0.717) is 11.1 Å². The largest absolute Gasteiger partial charge is 0.465 e. The van der Waals surface area contributed by atoms with Gasteiger partial charge < -0.3 is 9.72 Å². The number of hydrogen-bond donors (Lipinski definition) is 1. The Kier molecular flexibility index (Phi) is 5.53. The molecule has 1 aromatic heterocycles. The minimum absolute atomic E-state index is 0.00215. The number of carbonyl (C=O) groups is 1. The van der Waals surface area contributed by atoms with Gasteiger partial charge in [-0.15, -0.1) is 0 Å². The van der Waals surface area contributed by atoms with Gasteiger partial charge in [0, 0.05) is 16.5 Å². The first-order chi connectivity index (χ1) is 14.3. The van der Waals surface area contributed by atoms with Crippen LogP contribution >= 0.6 is 0 Å². The van der Waals surface area contributed by atoms with Gasteiger partial charge in [-0.05, 0) is 18.6 Å². The molecule has 8 heteroatoms. The van der Waals surface area contributed by atoms with Crippen molar-refractivity contribution < 1.29 is 22.7 Å². The van der Waals surface area contributed by atoms with E-state index in [1.165, 1.54) is 31.2 Å². The van der Waals surface area contributed by atoms with Crippen LogP contribution in [-0.2, 0) is 14.9 Å². The highest BCUT2D eigenvalue weighted by molar-refractivity contribution is 6.00. The molecule has 0 fully saturated rings. The summed E-state index contributed by atoms with van der Waals surface area (Å²) in [6.07, 6.45) is -5.29. The molecule has 1 atom stereocenters. The minimum Gasteiger partial charge on any atom is -0.465 e. The Morgan fingerprint density at radius 1 is 1.07 bits per heavy atom. The topological polar surface area (TPSA) is 89.7 Å². The average Bonchev–Trinajstić information content (AvgIpc) is 3.11. The molecule has 0 saturated heterocycles. The fraction of sp³-hybridized carbons (Fsp3) is 0.227. The number of benzene rings is 2. The van der Waals surface area contributed by atoms with Crippen LogP contribution in [0.5, 0.6) is 0 Å². The molecule has 5 nitrogen and oxygen atoms in total. The molecule has 2 aromatic carbocycles. The highest BCUT2D eigenvalue weighted by atomic mass is 19.4. The third kappa shape index (κ3) is 3.07. The van der Waals surface area contributed by atoms with Gasteiger partial charge in [-0.3, -0.25) is 4.79 Å². The maximum absolute atomic E-state index is 14.7. The van der Waals surface area contributed by atoms with E-state index in [1.54, 1.807) is 42.5 Å². The molecule has 30 heavy (non-hydrogen) atoms. The van der Waals surface area contributed by atoms with Crippen molar-refractivity contribution in [1.82, 2.24) is 4.98 Å². The van der Waals surface area contributed by atoms with Crippen molar-refractivity contribution >= 4 is 16.9 Å². The van der Waals surface area contributed by atoms with Gasteiger partial charge in [-0.25, -0.2) is 0 Å². The van der Waals surface area contributed by atoms with Gasteiger partial charge in [0.1, 0.15) is 0 Å². The first-order valence-corrected chi connectivity index (χ1v) is 9.02.